The molecule has 86 valence electrons. The summed E-state index contributed by atoms with van der Waals surface area (Å²) in [6.45, 7) is 4.00. The van der Waals surface area contributed by atoms with E-state index in [1.807, 2.05) is 13.8 Å². The van der Waals surface area contributed by atoms with Crippen molar-refractivity contribution in [2.75, 3.05) is 7.11 Å². The quantitative estimate of drug-likeness (QED) is 0.577. The Labute approximate surface area is 111 Å². The molecule has 0 saturated heterocycles. The standard InChI is InChI=1S/C7H5BrN3O.C2H6.Pd/c1-12-6-2-7-9-4-10-11(7)3-5(6)8;1-2;/h2-3H,1H3;1-2H3;/q-1;;. The second-order valence-corrected chi connectivity index (χ2v) is 3.06. The van der Waals surface area contributed by atoms with Crippen LogP contribution in [-0.4, -0.2) is 21.7 Å². The number of nitrogens with zero attached hydrogens (tertiary/aromatic N) is 3. The minimum absolute atomic E-state index is 0. The topological polar surface area (TPSA) is 39.4 Å². The number of hydrogen-bond acceptors (Lipinski definition) is 3. The van der Waals surface area contributed by atoms with E-state index in [1.54, 1.807) is 23.9 Å². The molecule has 2 aromatic rings. The van der Waals surface area contributed by atoms with Gasteiger partial charge in [0.2, 0.25) is 0 Å². The molecule has 2 rings (SSSR count). The molecule has 0 fully saturated rings. The molecule has 0 saturated carbocycles. The maximum absolute atomic E-state index is 5.08. The van der Waals surface area contributed by atoms with Crippen LogP contribution in [0.4, 0.5) is 0 Å². The van der Waals surface area contributed by atoms with Crippen LogP contribution in [0.2, 0.25) is 0 Å². The molecule has 4 nitrogen and oxygen atoms in total. The van der Waals surface area contributed by atoms with Crippen LogP contribution in [-0.2, 0) is 20.4 Å². The molecule has 0 N–H and O–H groups in total. The molecule has 0 bridgehead atoms. The summed E-state index contributed by atoms with van der Waals surface area (Å²) in [6.07, 6.45) is 4.28. The van der Waals surface area contributed by atoms with E-state index in [2.05, 4.69) is 32.3 Å². The normalized spacial score (nSPS) is 8.80. The molecule has 0 spiro atoms. The fourth-order valence-electron chi connectivity index (χ4n) is 0.931. The van der Waals surface area contributed by atoms with Crippen LogP contribution >= 0.6 is 15.9 Å². The van der Waals surface area contributed by atoms with E-state index in [0.29, 0.717) is 0 Å². The number of fused-ring (bicyclic) bond motifs is 1. The van der Waals surface area contributed by atoms with Gasteiger partial charge < -0.3 is 14.2 Å². The van der Waals surface area contributed by atoms with Crippen molar-refractivity contribution in [2.24, 2.45) is 0 Å². The SMILES string of the molecule is CC.COc1cc2n[c-]nn2cc1Br.[Pd]. The maximum atomic E-state index is 5.08. The Morgan fingerprint density at radius 2 is 2.13 bits per heavy atom. The van der Waals surface area contributed by atoms with Crippen LogP contribution in [0.25, 0.3) is 5.65 Å². The molecule has 0 unspecified atom stereocenters. The Balaban J connectivity index is 0.000000617. The van der Waals surface area contributed by atoms with E-state index in [4.69, 9.17) is 4.74 Å². The summed E-state index contributed by atoms with van der Waals surface area (Å²) in [5.74, 6) is 0.740. The third-order valence-electron chi connectivity index (χ3n) is 1.50. The van der Waals surface area contributed by atoms with Gasteiger partial charge in [0.1, 0.15) is 5.75 Å². The number of ether oxygens (including phenoxy) is 1. The Morgan fingerprint density at radius 1 is 1.47 bits per heavy atom. The van der Waals surface area contributed by atoms with E-state index in [1.165, 1.54) is 0 Å². The van der Waals surface area contributed by atoms with E-state index in [0.717, 1.165) is 15.9 Å². The molecule has 0 amide bonds. The smallest absolute Gasteiger partial charge is 0.120 e. The third kappa shape index (κ3) is 3.27. The van der Waals surface area contributed by atoms with Gasteiger partial charge >= 0.3 is 0 Å². The predicted molar refractivity (Wildman–Crippen MR) is 57.4 cm³/mol. The zero-order chi connectivity index (χ0) is 10.6. The molecule has 0 aromatic carbocycles. The van der Waals surface area contributed by atoms with Crippen LogP contribution in [0, 0.1) is 6.33 Å². The largest absolute Gasteiger partial charge is 0.497 e. The molecule has 15 heavy (non-hydrogen) atoms. The average molecular weight is 364 g/mol. The summed E-state index contributed by atoms with van der Waals surface area (Å²) in [7, 11) is 1.61. The van der Waals surface area contributed by atoms with E-state index in [9.17, 15) is 0 Å². The third-order valence-corrected chi connectivity index (χ3v) is 2.10. The number of pyridine rings is 1. The summed E-state index contributed by atoms with van der Waals surface area (Å²) in [6, 6.07) is 1.79. The first-order valence-corrected chi connectivity index (χ1v) is 5.06. The second kappa shape index (κ2) is 6.94. The number of hydrogen-bond donors (Lipinski definition) is 0. The van der Waals surface area contributed by atoms with Gasteiger partial charge in [0, 0.05) is 32.3 Å². The van der Waals surface area contributed by atoms with Crippen molar-refractivity contribution in [3.05, 3.63) is 23.1 Å². The Hall–Kier alpha value is -0.438. The number of methoxy groups -OCH3 is 1. The molecule has 0 aliphatic carbocycles. The first-order chi connectivity index (χ1) is 6.81. The molecule has 6 heteroatoms. The van der Waals surface area contributed by atoms with Crippen LogP contribution in [0.3, 0.4) is 0 Å². The zero-order valence-corrected chi connectivity index (χ0v) is 11.7. The molecule has 0 aliphatic rings. The molecular weight excluding hydrogens is 352 g/mol. The number of halogens is 1. The number of rotatable bonds is 1. The fraction of sp³-hybridized carbons (Fsp3) is 0.333. The van der Waals surface area contributed by atoms with E-state index < -0.39 is 0 Å². The summed E-state index contributed by atoms with van der Waals surface area (Å²) < 4.78 is 7.54. The van der Waals surface area contributed by atoms with E-state index >= 15 is 0 Å². The first kappa shape index (κ1) is 14.6. The molecule has 2 aromatic heterocycles. The van der Waals surface area contributed by atoms with Crippen molar-refractivity contribution in [1.29, 1.82) is 0 Å². The van der Waals surface area contributed by atoms with Crippen molar-refractivity contribution in [3.63, 3.8) is 0 Å². The van der Waals surface area contributed by atoms with Gasteiger partial charge in [-0.2, -0.15) is 0 Å². The zero-order valence-electron chi connectivity index (χ0n) is 8.60. The van der Waals surface area contributed by atoms with Gasteiger partial charge in [-0.25, -0.2) is 0 Å². The fourth-order valence-corrected chi connectivity index (χ4v) is 1.40. The molecule has 2 heterocycles. The Kier molecular flexibility index (Phi) is 6.74. The maximum Gasteiger partial charge on any atom is 0.120 e. The van der Waals surface area contributed by atoms with Gasteiger partial charge in [-0.3, -0.25) is 5.10 Å². The van der Waals surface area contributed by atoms with Crippen molar-refractivity contribution >= 4 is 21.6 Å². The van der Waals surface area contributed by atoms with E-state index in [-0.39, 0.29) is 20.4 Å². The van der Waals surface area contributed by atoms with Crippen molar-refractivity contribution in [1.82, 2.24) is 14.6 Å². The molecular formula is C9H11BrN3OPd-. The summed E-state index contributed by atoms with van der Waals surface area (Å²) >= 11 is 3.33. The molecule has 0 aliphatic heterocycles. The van der Waals surface area contributed by atoms with Crippen molar-refractivity contribution in [2.45, 2.75) is 13.8 Å². The summed E-state index contributed by atoms with van der Waals surface area (Å²) in [4.78, 5) is 3.89. The summed E-state index contributed by atoms with van der Waals surface area (Å²) in [5.41, 5.74) is 0.718. The van der Waals surface area contributed by atoms with Crippen LogP contribution in [0.1, 0.15) is 13.8 Å². The Morgan fingerprint density at radius 3 is 2.73 bits per heavy atom. The average Bonchev–Trinajstić information content (AvgIpc) is 2.66. The molecule has 0 atom stereocenters. The molecule has 0 radical (unpaired) electrons. The van der Waals surface area contributed by atoms with Crippen LogP contribution in [0.15, 0.2) is 16.7 Å². The van der Waals surface area contributed by atoms with Gasteiger partial charge in [0.05, 0.1) is 11.6 Å². The van der Waals surface area contributed by atoms with Gasteiger partial charge in [-0.05, 0) is 22.3 Å². The monoisotopic (exact) mass is 362 g/mol. The van der Waals surface area contributed by atoms with Crippen molar-refractivity contribution in [3.8, 4) is 5.75 Å². The van der Waals surface area contributed by atoms with Gasteiger partial charge in [0.25, 0.3) is 0 Å². The second-order valence-electron chi connectivity index (χ2n) is 2.20. The van der Waals surface area contributed by atoms with Crippen molar-refractivity contribution < 1.29 is 25.2 Å². The van der Waals surface area contributed by atoms with Gasteiger partial charge in [-0.15, -0.1) is 0 Å². The summed E-state index contributed by atoms with van der Waals surface area (Å²) in [5, 5.41) is 3.85. The number of aromatic nitrogens is 3. The first-order valence-electron chi connectivity index (χ1n) is 4.27. The van der Waals surface area contributed by atoms with Crippen LogP contribution in [0.5, 0.6) is 5.75 Å². The van der Waals surface area contributed by atoms with Gasteiger partial charge in [0.15, 0.2) is 0 Å². The van der Waals surface area contributed by atoms with Gasteiger partial charge in [-0.1, -0.05) is 19.9 Å². The minimum atomic E-state index is 0. The van der Waals surface area contributed by atoms with Crippen LogP contribution < -0.4 is 4.74 Å². The minimum Gasteiger partial charge on any atom is -0.497 e. The Bertz CT molecular complexity index is 419. The predicted octanol–water partition coefficient (Wildman–Crippen LogP) is 2.32.